The van der Waals surface area contributed by atoms with Crippen molar-refractivity contribution in [1.29, 1.82) is 0 Å². The van der Waals surface area contributed by atoms with Crippen LogP contribution in [0.3, 0.4) is 0 Å². The molecule has 0 saturated carbocycles. The van der Waals surface area contributed by atoms with Crippen LogP contribution >= 0.6 is 0 Å². The Morgan fingerprint density at radius 1 is 1.11 bits per heavy atom. The fourth-order valence-corrected chi connectivity index (χ4v) is 3.37. The number of ether oxygens (including phenoxy) is 2. The summed E-state index contributed by atoms with van der Waals surface area (Å²) < 4.78 is 49.2. The van der Waals surface area contributed by atoms with Crippen molar-refractivity contribution in [2.45, 2.75) is 13.5 Å². The smallest absolute Gasteiger partial charge is 0.253 e. The van der Waals surface area contributed by atoms with Crippen molar-refractivity contribution >= 4 is 21.6 Å². The van der Waals surface area contributed by atoms with Crippen LogP contribution in [0.25, 0.3) is 0 Å². The average molecular weight is 410 g/mol. The second-order valence-corrected chi connectivity index (χ2v) is 8.19. The molecule has 1 amide bonds. The van der Waals surface area contributed by atoms with E-state index >= 15 is 0 Å². The van der Waals surface area contributed by atoms with Crippen molar-refractivity contribution in [3.05, 3.63) is 53.3 Å². The lowest BCUT2D eigenvalue weighted by molar-refractivity contribution is 0.0951. The van der Waals surface area contributed by atoms with Crippen LogP contribution in [-0.2, 0) is 16.6 Å². The molecule has 0 spiro atoms. The molecule has 0 bridgehead atoms. The van der Waals surface area contributed by atoms with Crippen LogP contribution in [0.2, 0.25) is 0 Å². The van der Waals surface area contributed by atoms with Gasteiger partial charge in [-0.05, 0) is 30.7 Å². The zero-order valence-electron chi connectivity index (χ0n) is 16.2. The van der Waals surface area contributed by atoms with Gasteiger partial charge in [-0.2, -0.15) is 0 Å². The van der Waals surface area contributed by atoms with E-state index in [1.165, 1.54) is 52.5 Å². The molecule has 0 aliphatic rings. The number of hydrogen-bond acceptors (Lipinski definition) is 5. The Balaban J connectivity index is 2.41. The number of carbonyl (C=O) groups is 1. The molecule has 28 heavy (non-hydrogen) atoms. The molecule has 0 aliphatic carbocycles. The van der Waals surface area contributed by atoms with Crippen molar-refractivity contribution in [2.24, 2.45) is 0 Å². The van der Waals surface area contributed by atoms with Gasteiger partial charge in [0.25, 0.3) is 5.91 Å². The standard InChI is InChI=1S/C19H23FN2O5S/c1-5-28(24,25)22(2)16-11-18(27-4)17(26-3)10-15(16)19(23)21-12-13-6-8-14(20)9-7-13/h6-11H,5,12H2,1-4H3,(H,21,23). The van der Waals surface area contributed by atoms with Gasteiger partial charge >= 0.3 is 0 Å². The molecule has 0 aromatic heterocycles. The molecule has 0 heterocycles. The molecular weight excluding hydrogens is 387 g/mol. The highest BCUT2D eigenvalue weighted by molar-refractivity contribution is 7.92. The van der Waals surface area contributed by atoms with Gasteiger partial charge in [0.15, 0.2) is 11.5 Å². The molecule has 2 aromatic rings. The molecule has 9 heteroatoms. The van der Waals surface area contributed by atoms with Crippen molar-refractivity contribution in [1.82, 2.24) is 5.32 Å². The zero-order valence-corrected chi connectivity index (χ0v) is 17.0. The fourth-order valence-electron chi connectivity index (χ4n) is 2.53. The third-order valence-corrected chi connectivity index (χ3v) is 5.99. The second kappa shape index (κ2) is 8.92. The lowest BCUT2D eigenvalue weighted by Gasteiger charge is -2.23. The van der Waals surface area contributed by atoms with Gasteiger partial charge in [0.05, 0.1) is 31.2 Å². The Hall–Kier alpha value is -2.81. The highest BCUT2D eigenvalue weighted by atomic mass is 32.2. The molecule has 0 unspecified atom stereocenters. The van der Waals surface area contributed by atoms with Gasteiger partial charge in [-0.15, -0.1) is 0 Å². The van der Waals surface area contributed by atoms with Crippen molar-refractivity contribution < 1.29 is 27.1 Å². The number of carbonyl (C=O) groups excluding carboxylic acids is 1. The Morgan fingerprint density at radius 3 is 2.21 bits per heavy atom. The average Bonchev–Trinajstić information content (AvgIpc) is 2.71. The first-order valence-corrected chi connectivity index (χ1v) is 10.1. The summed E-state index contributed by atoms with van der Waals surface area (Å²) in [6.07, 6.45) is 0. The molecule has 152 valence electrons. The molecule has 1 N–H and O–H groups in total. The monoisotopic (exact) mass is 410 g/mol. The van der Waals surface area contributed by atoms with Crippen molar-refractivity contribution in [3.63, 3.8) is 0 Å². The van der Waals surface area contributed by atoms with Crippen molar-refractivity contribution in [3.8, 4) is 11.5 Å². The normalized spacial score (nSPS) is 11.0. The molecular formula is C19H23FN2O5S. The summed E-state index contributed by atoms with van der Waals surface area (Å²) in [5.74, 6) is -0.414. The maximum atomic E-state index is 13.0. The maximum absolute atomic E-state index is 13.0. The lowest BCUT2D eigenvalue weighted by Crippen LogP contribution is -2.31. The number of nitrogens with zero attached hydrogens (tertiary/aromatic N) is 1. The van der Waals surface area contributed by atoms with Crippen molar-refractivity contribution in [2.75, 3.05) is 31.3 Å². The summed E-state index contributed by atoms with van der Waals surface area (Å²) in [7, 11) is 0.605. The van der Waals surface area contributed by atoms with E-state index in [0.29, 0.717) is 17.1 Å². The van der Waals surface area contributed by atoms with Gasteiger partial charge in [0.2, 0.25) is 10.0 Å². The van der Waals surface area contributed by atoms with E-state index in [1.54, 1.807) is 12.1 Å². The highest BCUT2D eigenvalue weighted by Gasteiger charge is 2.25. The third-order valence-electron chi connectivity index (χ3n) is 4.23. The first-order chi connectivity index (χ1) is 13.2. The van der Waals surface area contributed by atoms with E-state index in [-0.39, 0.29) is 29.4 Å². The predicted molar refractivity (Wildman–Crippen MR) is 105 cm³/mol. The van der Waals surface area contributed by atoms with Crippen LogP contribution in [0.15, 0.2) is 36.4 Å². The first kappa shape index (κ1) is 21.5. The summed E-state index contributed by atoms with van der Waals surface area (Å²) in [6, 6.07) is 8.57. The largest absolute Gasteiger partial charge is 0.493 e. The van der Waals surface area contributed by atoms with Crippen LogP contribution < -0.4 is 19.1 Å². The van der Waals surface area contributed by atoms with Gasteiger partial charge in [0, 0.05) is 19.7 Å². The molecule has 0 fully saturated rings. The van der Waals surface area contributed by atoms with E-state index in [2.05, 4.69) is 5.32 Å². The van der Waals surface area contributed by atoms with Crippen LogP contribution in [0.4, 0.5) is 10.1 Å². The van der Waals surface area contributed by atoms with Gasteiger partial charge in [-0.25, -0.2) is 12.8 Å². The first-order valence-electron chi connectivity index (χ1n) is 8.48. The third kappa shape index (κ3) is 4.72. The number of rotatable bonds is 8. The Bertz CT molecular complexity index is 946. The summed E-state index contributed by atoms with van der Waals surface area (Å²) in [4.78, 5) is 12.8. The maximum Gasteiger partial charge on any atom is 0.253 e. The number of hydrogen-bond donors (Lipinski definition) is 1. The Morgan fingerprint density at radius 2 is 1.68 bits per heavy atom. The quantitative estimate of drug-likeness (QED) is 0.723. The van der Waals surface area contributed by atoms with E-state index < -0.39 is 15.9 Å². The van der Waals surface area contributed by atoms with Crippen LogP contribution in [0.1, 0.15) is 22.8 Å². The minimum atomic E-state index is -3.61. The fraction of sp³-hybridized carbons (Fsp3) is 0.316. The minimum absolute atomic E-state index is 0.110. The molecule has 0 saturated heterocycles. The number of sulfonamides is 1. The van der Waals surface area contributed by atoms with E-state index in [4.69, 9.17) is 9.47 Å². The van der Waals surface area contributed by atoms with Gasteiger partial charge in [0.1, 0.15) is 5.82 Å². The summed E-state index contributed by atoms with van der Waals surface area (Å²) in [6.45, 7) is 1.66. The minimum Gasteiger partial charge on any atom is -0.493 e. The molecule has 0 atom stereocenters. The zero-order chi connectivity index (χ0) is 20.9. The molecule has 2 aromatic carbocycles. The number of halogens is 1. The number of amides is 1. The van der Waals surface area contributed by atoms with Gasteiger partial charge in [-0.3, -0.25) is 9.10 Å². The number of methoxy groups -OCH3 is 2. The number of anilines is 1. The van der Waals surface area contributed by atoms with E-state index in [1.807, 2.05) is 0 Å². The SMILES string of the molecule is CCS(=O)(=O)N(C)c1cc(OC)c(OC)cc1C(=O)NCc1ccc(F)cc1. The van der Waals surface area contributed by atoms with E-state index in [9.17, 15) is 17.6 Å². The van der Waals surface area contributed by atoms with Crippen LogP contribution in [-0.4, -0.2) is 41.3 Å². The molecule has 0 radical (unpaired) electrons. The van der Waals surface area contributed by atoms with Crippen LogP contribution in [0.5, 0.6) is 11.5 Å². The Kier molecular flexibility index (Phi) is 6.85. The Labute approximate surface area is 164 Å². The topological polar surface area (TPSA) is 84.9 Å². The summed E-state index contributed by atoms with van der Waals surface area (Å²) in [5.41, 5.74) is 0.974. The summed E-state index contributed by atoms with van der Waals surface area (Å²) >= 11 is 0. The molecule has 7 nitrogen and oxygen atoms in total. The highest BCUT2D eigenvalue weighted by Crippen LogP contribution is 2.35. The van der Waals surface area contributed by atoms with Gasteiger partial charge < -0.3 is 14.8 Å². The van der Waals surface area contributed by atoms with Gasteiger partial charge in [-0.1, -0.05) is 12.1 Å². The predicted octanol–water partition coefficient (Wildman–Crippen LogP) is 2.56. The number of benzene rings is 2. The molecule has 2 rings (SSSR count). The van der Waals surface area contributed by atoms with E-state index in [0.717, 1.165) is 4.31 Å². The van der Waals surface area contributed by atoms with Crippen LogP contribution in [0, 0.1) is 5.82 Å². The molecule has 0 aliphatic heterocycles. The lowest BCUT2D eigenvalue weighted by atomic mass is 10.1. The summed E-state index contributed by atoms with van der Waals surface area (Å²) in [5, 5.41) is 2.71. The number of nitrogens with one attached hydrogen (secondary N) is 1. The second-order valence-electron chi connectivity index (χ2n) is 5.90.